The number of amides is 1. The Morgan fingerprint density at radius 1 is 0.962 bits per heavy atom. The van der Waals surface area contributed by atoms with Crippen molar-refractivity contribution < 1.29 is 37.0 Å². The summed E-state index contributed by atoms with van der Waals surface area (Å²) in [6.07, 6.45) is 1.57. The van der Waals surface area contributed by atoms with Gasteiger partial charge in [0.1, 0.15) is 24.2 Å². The van der Waals surface area contributed by atoms with E-state index in [4.69, 9.17) is 13.9 Å². The number of carboxylic acids is 1. The minimum atomic E-state index is -3.95. The Kier molecular flexibility index (Phi) is 13.0. The van der Waals surface area contributed by atoms with Gasteiger partial charge in [-0.1, -0.05) is 56.0 Å². The van der Waals surface area contributed by atoms with Crippen LogP contribution in [-0.2, 0) is 37.5 Å². The lowest BCUT2D eigenvalue weighted by Crippen LogP contribution is -2.55. The number of carboxylic acid groups (broad SMARTS) is 1. The molecule has 1 unspecified atom stereocenters. The summed E-state index contributed by atoms with van der Waals surface area (Å²) in [6, 6.07) is 21.6. The Morgan fingerprint density at radius 3 is 2.33 bits per heavy atom. The van der Waals surface area contributed by atoms with E-state index in [1.54, 1.807) is 27.0 Å². The number of hydrogen-bond donors (Lipinski definition) is 3. The number of anilines is 1. The van der Waals surface area contributed by atoms with Crippen LogP contribution < -0.4 is 19.7 Å². The number of aromatic nitrogens is 1. The molecule has 274 valence electrons. The fraction of sp³-hybridized carbons (Fsp3) is 0.342. The predicted octanol–water partition coefficient (Wildman–Crippen LogP) is 3.69. The molecule has 4 aromatic rings. The van der Waals surface area contributed by atoms with Gasteiger partial charge in [0.25, 0.3) is 10.2 Å². The second-order valence-electron chi connectivity index (χ2n) is 12.5. The molecule has 3 N–H and O–H groups in total. The molecule has 0 spiro atoms. The third-order valence-corrected chi connectivity index (χ3v) is 9.94. The van der Waals surface area contributed by atoms with Crippen LogP contribution in [-0.4, -0.2) is 87.2 Å². The van der Waals surface area contributed by atoms with Gasteiger partial charge in [0.2, 0.25) is 11.8 Å². The van der Waals surface area contributed by atoms with Gasteiger partial charge in [0.05, 0.1) is 24.8 Å². The van der Waals surface area contributed by atoms with Gasteiger partial charge in [-0.2, -0.15) is 17.4 Å². The number of aliphatic carboxylic acids is 1. The molecule has 0 aliphatic carbocycles. The zero-order valence-electron chi connectivity index (χ0n) is 29.4. The first-order valence-electron chi connectivity index (χ1n) is 16.9. The molecule has 0 saturated carbocycles. The number of rotatable bonds is 15. The standard InChI is InChI=1S/C38H43N5O8S/c1-27(2)36(38(45)46)41-52(47,48)43-19-17-42(18-20-43)31-14-11-28(12-15-31)9-10-29-13-16-34(50-22-21-49-3)33(23-29)37-40-26-32(51-37)24-35(44)39-25-30-7-5-4-6-8-30/h4-8,11-16,23,26-27,36,41H,17-22,24-25H2,1-3H3,(H,39,44)(H,45,46). The Labute approximate surface area is 304 Å². The van der Waals surface area contributed by atoms with Crippen molar-refractivity contribution in [3.05, 3.63) is 101 Å². The smallest absolute Gasteiger partial charge is 0.322 e. The molecular formula is C38H43N5O8S. The topological polar surface area (TPSA) is 164 Å². The highest BCUT2D eigenvalue weighted by Gasteiger charge is 2.33. The minimum Gasteiger partial charge on any atom is -0.490 e. The largest absolute Gasteiger partial charge is 0.490 e. The van der Waals surface area contributed by atoms with Gasteiger partial charge in [0.15, 0.2) is 0 Å². The van der Waals surface area contributed by atoms with Crippen molar-refractivity contribution in [3.63, 3.8) is 0 Å². The molecule has 1 fully saturated rings. The Morgan fingerprint density at radius 2 is 1.65 bits per heavy atom. The van der Waals surface area contributed by atoms with E-state index in [-0.39, 0.29) is 25.4 Å². The van der Waals surface area contributed by atoms with Crippen molar-refractivity contribution in [1.29, 1.82) is 0 Å². The Balaban J connectivity index is 1.22. The average molecular weight is 730 g/mol. The molecule has 3 aromatic carbocycles. The molecule has 14 heteroatoms. The number of hydrogen-bond acceptors (Lipinski definition) is 9. The van der Waals surface area contributed by atoms with Crippen LogP contribution in [0.25, 0.3) is 11.5 Å². The molecule has 0 radical (unpaired) electrons. The molecule has 52 heavy (non-hydrogen) atoms. The van der Waals surface area contributed by atoms with Crippen LogP contribution in [0.2, 0.25) is 0 Å². The van der Waals surface area contributed by atoms with Crippen molar-refractivity contribution in [2.45, 2.75) is 32.9 Å². The SMILES string of the molecule is COCCOc1ccc(C#Cc2ccc(N3CCN(S(=O)(=O)NC(C(=O)O)C(C)C)CC3)cc2)cc1-c1ncc(CC(=O)NCc2ccccc2)o1. The molecule has 5 rings (SSSR count). The molecule has 1 aliphatic rings. The summed E-state index contributed by atoms with van der Waals surface area (Å²) in [4.78, 5) is 30.6. The highest BCUT2D eigenvalue weighted by atomic mass is 32.2. The normalized spacial score (nSPS) is 14.0. The molecule has 1 amide bonds. The highest BCUT2D eigenvalue weighted by Crippen LogP contribution is 2.31. The Hall–Kier alpha value is -5.20. The van der Waals surface area contributed by atoms with E-state index < -0.39 is 28.1 Å². The number of nitrogens with one attached hydrogen (secondary N) is 2. The number of carbonyl (C=O) groups is 2. The first-order chi connectivity index (χ1) is 25.0. The van der Waals surface area contributed by atoms with Crippen molar-refractivity contribution in [2.24, 2.45) is 5.92 Å². The van der Waals surface area contributed by atoms with Gasteiger partial charge in [-0.05, 0) is 53.9 Å². The maximum Gasteiger partial charge on any atom is 0.322 e. The number of carbonyl (C=O) groups excluding carboxylic acids is 1. The summed E-state index contributed by atoms with van der Waals surface area (Å²) in [5.74, 6) is 5.85. The Bertz CT molecular complexity index is 1980. The van der Waals surface area contributed by atoms with Crippen LogP contribution in [0.15, 0.2) is 83.4 Å². The fourth-order valence-corrected chi connectivity index (χ4v) is 6.95. The monoisotopic (exact) mass is 729 g/mol. The average Bonchev–Trinajstić information content (AvgIpc) is 3.61. The lowest BCUT2D eigenvalue weighted by Gasteiger charge is -2.36. The number of ether oxygens (including phenoxy) is 2. The molecule has 13 nitrogen and oxygen atoms in total. The minimum absolute atomic E-state index is 0.0344. The van der Waals surface area contributed by atoms with E-state index in [2.05, 4.69) is 31.8 Å². The quantitative estimate of drug-likeness (QED) is 0.122. The van der Waals surface area contributed by atoms with Crippen LogP contribution in [0.1, 0.15) is 36.3 Å². The maximum atomic E-state index is 12.8. The highest BCUT2D eigenvalue weighted by molar-refractivity contribution is 7.87. The van der Waals surface area contributed by atoms with Gasteiger partial charge in [0, 0.05) is 56.6 Å². The second-order valence-corrected chi connectivity index (χ2v) is 14.2. The zero-order chi connectivity index (χ0) is 37.1. The van der Waals surface area contributed by atoms with E-state index in [0.29, 0.717) is 61.4 Å². The molecule has 2 heterocycles. The van der Waals surface area contributed by atoms with Crippen LogP contribution in [0.5, 0.6) is 5.75 Å². The third-order valence-electron chi connectivity index (χ3n) is 8.35. The van der Waals surface area contributed by atoms with Crippen LogP contribution >= 0.6 is 0 Å². The van der Waals surface area contributed by atoms with E-state index in [1.807, 2.05) is 66.7 Å². The summed E-state index contributed by atoms with van der Waals surface area (Å²) in [6.45, 7) is 5.81. The van der Waals surface area contributed by atoms with E-state index in [0.717, 1.165) is 16.8 Å². The number of oxazole rings is 1. The van der Waals surface area contributed by atoms with Crippen molar-refractivity contribution in [1.82, 2.24) is 19.3 Å². The first-order valence-corrected chi connectivity index (χ1v) is 18.3. The summed E-state index contributed by atoms with van der Waals surface area (Å²) < 4.78 is 46.4. The molecule has 1 saturated heterocycles. The number of benzene rings is 3. The second kappa shape index (κ2) is 17.8. The number of methoxy groups -OCH3 is 1. The van der Waals surface area contributed by atoms with Gasteiger partial charge in [-0.15, -0.1) is 0 Å². The van der Waals surface area contributed by atoms with Crippen molar-refractivity contribution >= 4 is 27.8 Å². The van der Waals surface area contributed by atoms with E-state index in [1.165, 1.54) is 10.5 Å². The van der Waals surface area contributed by atoms with Crippen molar-refractivity contribution in [2.75, 3.05) is 51.4 Å². The fourth-order valence-electron chi connectivity index (χ4n) is 5.46. The zero-order valence-corrected chi connectivity index (χ0v) is 30.2. The van der Waals surface area contributed by atoms with Crippen molar-refractivity contribution in [3.8, 4) is 29.0 Å². The molecule has 1 aromatic heterocycles. The summed E-state index contributed by atoms with van der Waals surface area (Å²) in [7, 11) is -2.35. The lowest BCUT2D eigenvalue weighted by molar-refractivity contribution is -0.140. The van der Waals surface area contributed by atoms with Crippen LogP contribution in [0, 0.1) is 17.8 Å². The van der Waals surface area contributed by atoms with E-state index in [9.17, 15) is 23.1 Å². The first kappa shape index (κ1) is 38.0. The molecule has 1 atom stereocenters. The third kappa shape index (κ3) is 10.4. The summed E-state index contributed by atoms with van der Waals surface area (Å²) in [5.41, 5.74) is 4.00. The molecule has 1 aliphatic heterocycles. The summed E-state index contributed by atoms with van der Waals surface area (Å²) >= 11 is 0. The van der Waals surface area contributed by atoms with Crippen LogP contribution in [0.4, 0.5) is 5.69 Å². The number of nitrogens with zero attached hydrogens (tertiary/aromatic N) is 3. The number of piperazine rings is 1. The molecular weight excluding hydrogens is 687 g/mol. The van der Waals surface area contributed by atoms with Gasteiger partial charge in [-0.25, -0.2) is 4.98 Å². The van der Waals surface area contributed by atoms with Gasteiger partial charge in [-0.3, -0.25) is 9.59 Å². The maximum absolute atomic E-state index is 12.8. The predicted molar refractivity (Wildman–Crippen MR) is 196 cm³/mol. The van der Waals surface area contributed by atoms with Crippen LogP contribution in [0.3, 0.4) is 0 Å². The van der Waals surface area contributed by atoms with E-state index >= 15 is 0 Å². The van der Waals surface area contributed by atoms with Gasteiger partial charge < -0.3 is 29.2 Å². The lowest BCUT2D eigenvalue weighted by atomic mass is 10.1. The van der Waals surface area contributed by atoms with Gasteiger partial charge >= 0.3 is 5.97 Å². The molecule has 0 bridgehead atoms. The summed E-state index contributed by atoms with van der Waals surface area (Å²) in [5, 5.41) is 12.3.